The zero-order chi connectivity index (χ0) is 23.4. The van der Waals surface area contributed by atoms with Crippen LogP contribution < -0.4 is 10.0 Å². The van der Waals surface area contributed by atoms with E-state index in [1.165, 1.54) is 12.1 Å². The first-order valence-corrected chi connectivity index (χ1v) is 11.9. The summed E-state index contributed by atoms with van der Waals surface area (Å²) in [5.41, 5.74) is 1.40. The Labute approximate surface area is 192 Å². The van der Waals surface area contributed by atoms with Gasteiger partial charge in [0.05, 0.1) is 27.4 Å². The second kappa shape index (κ2) is 9.55. The van der Waals surface area contributed by atoms with Gasteiger partial charge in [0.1, 0.15) is 5.69 Å². The van der Waals surface area contributed by atoms with Gasteiger partial charge in [-0.15, -0.1) is 4.40 Å². The molecule has 0 saturated carbocycles. The number of ether oxygens (including phenoxy) is 2. The minimum Gasteiger partial charge on any atom is -0.613 e. The Balaban J connectivity index is 1.96. The maximum Gasteiger partial charge on any atom is 0.284 e. The number of anilines is 1. The summed E-state index contributed by atoms with van der Waals surface area (Å²) in [5, 5.41) is 13.0. The van der Waals surface area contributed by atoms with Gasteiger partial charge in [-0.3, -0.25) is 0 Å². The van der Waals surface area contributed by atoms with E-state index < -0.39 is 16.0 Å². The van der Waals surface area contributed by atoms with E-state index in [1.807, 2.05) is 12.1 Å². The summed E-state index contributed by atoms with van der Waals surface area (Å²) >= 11 is 0. The largest absolute Gasteiger partial charge is 0.613 e. The van der Waals surface area contributed by atoms with E-state index in [1.54, 1.807) is 49.3 Å². The molecule has 1 aliphatic rings. The molecular formula is C23H23N4O5S-. The molecule has 0 bridgehead atoms. The average molecular weight is 468 g/mol. The summed E-state index contributed by atoms with van der Waals surface area (Å²) in [6, 6.07) is 15.1. The Morgan fingerprint density at radius 3 is 2.39 bits per heavy atom. The predicted octanol–water partition coefficient (Wildman–Crippen LogP) is 2.34. The molecular weight excluding hydrogens is 444 g/mol. The first-order chi connectivity index (χ1) is 16.0. The molecule has 9 nitrogen and oxygen atoms in total. The smallest absolute Gasteiger partial charge is 0.284 e. The van der Waals surface area contributed by atoms with Gasteiger partial charge < -0.3 is 19.5 Å². The molecule has 0 atom stereocenters. The van der Waals surface area contributed by atoms with Gasteiger partial charge in [0.2, 0.25) is 0 Å². The molecule has 3 aromatic rings. The van der Waals surface area contributed by atoms with Crippen molar-refractivity contribution in [3.05, 3.63) is 66.2 Å². The van der Waals surface area contributed by atoms with Crippen molar-refractivity contribution in [3.63, 3.8) is 0 Å². The van der Waals surface area contributed by atoms with Crippen molar-refractivity contribution in [2.24, 2.45) is 4.40 Å². The lowest BCUT2D eigenvalue weighted by Crippen LogP contribution is -2.31. The van der Waals surface area contributed by atoms with Crippen LogP contribution >= 0.6 is 0 Å². The third-order valence-corrected chi connectivity index (χ3v) is 6.26. The van der Waals surface area contributed by atoms with Gasteiger partial charge in [-0.1, -0.05) is 37.3 Å². The number of methoxy groups -OCH3 is 1. The van der Waals surface area contributed by atoms with Crippen molar-refractivity contribution >= 4 is 38.3 Å². The molecule has 4 rings (SSSR count). The molecule has 172 valence electrons. The van der Waals surface area contributed by atoms with Crippen molar-refractivity contribution in [2.45, 2.75) is 18.2 Å². The number of hydrogen-bond donors (Lipinski definition) is 0. The molecule has 0 N–H and O–H groups in total. The Morgan fingerprint density at radius 2 is 1.73 bits per heavy atom. The number of aromatic nitrogens is 2. The maximum atomic E-state index is 13.1. The number of fused-ring (bicyclic) bond motifs is 2. The zero-order valence-electron chi connectivity index (χ0n) is 18.3. The van der Waals surface area contributed by atoms with E-state index in [4.69, 9.17) is 9.47 Å². The molecule has 0 radical (unpaired) electrons. The highest BCUT2D eigenvalue weighted by atomic mass is 32.2. The van der Waals surface area contributed by atoms with Gasteiger partial charge in [0.25, 0.3) is 10.0 Å². The lowest BCUT2D eigenvalue weighted by atomic mass is 10.2. The van der Waals surface area contributed by atoms with Gasteiger partial charge in [0.15, 0.2) is 11.7 Å². The van der Waals surface area contributed by atoms with Crippen LogP contribution in [-0.2, 0) is 19.5 Å². The monoisotopic (exact) mass is 467 g/mol. The fraction of sp³-hybridized carbons (Fsp3) is 0.261. The van der Waals surface area contributed by atoms with Crippen LogP contribution in [0.2, 0.25) is 0 Å². The molecule has 1 aliphatic heterocycles. The summed E-state index contributed by atoms with van der Waals surface area (Å²) in [6.07, 6.45) is 0.547. The molecule has 0 aliphatic carbocycles. The quantitative estimate of drug-likeness (QED) is 0.366. The normalized spacial score (nSPS) is 16.3. The van der Waals surface area contributed by atoms with E-state index in [9.17, 15) is 13.5 Å². The van der Waals surface area contributed by atoms with E-state index in [0.717, 1.165) is 0 Å². The van der Waals surface area contributed by atoms with Crippen LogP contribution in [0.1, 0.15) is 19.0 Å². The van der Waals surface area contributed by atoms with Gasteiger partial charge in [-0.05, 0) is 37.3 Å². The van der Waals surface area contributed by atoms with E-state index in [-0.39, 0.29) is 28.6 Å². The van der Waals surface area contributed by atoms with Crippen molar-refractivity contribution in [2.75, 3.05) is 31.8 Å². The number of para-hydroxylation sites is 2. The highest BCUT2D eigenvalue weighted by Crippen LogP contribution is 2.38. The van der Waals surface area contributed by atoms with Gasteiger partial charge in [-0.25, -0.2) is 9.97 Å². The average Bonchev–Trinajstić information content (AvgIpc) is 3.10. The van der Waals surface area contributed by atoms with Crippen molar-refractivity contribution < 1.29 is 23.0 Å². The molecule has 1 aromatic heterocycles. The van der Waals surface area contributed by atoms with Crippen molar-refractivity contribution in [1.82, 2.24) is 9.97 Å². The van der Waals surface area contributed by atoms with Crippen molar-refractivity contribution in [3.8, 4) is 0 Å². The minimum absolute atomic E-state index is 0.0135. The summed E-state index contributed by atoms with van der Waals surface area (Å²) in [4.78, 5) is 10.9. The number of amidine groups is 1. The molecule has 0 spiro atoms. The van der Waals surface area contributed by atoms with Gasteiger partial charge in [-0.2, -0.15) is 8.42 Å². The molecule has 0 saturated heterocycles. The first-order valence-electron chi connectivity index (χ1n) is 10.4. The van der Waals surface area contributed by atoms with Crippen molar-refractivity contribution in [1.29, 1.82) is 0 Å². The zero-order valence-corrected chi connectivity index (χ0v) is 19.1. The summed E-state index contributed by atoms with van der Waals surface area (Å²) in [6.45, 7) is 2.54. The highest BCUT2D eigenvalue weighted by molar-refractivity contribution is 7.90. The Kier molecular flexibility index (Phi) is 6.57. The molecule has 0 fully saturated rings. The summed E-state index contributed by atoms with van der Waals surface area (Å²) in [5.74, 6) is -0.409. The maximum absolute atomic E-state index is 13.1. The number of nitrogens with zero attached hydrogens (tertiary/aromatic N) is 4. The van der Waals surface area contributed by atoms with E-state index in [2.05, 4.69) is 14.4 Å². The Hall–Kier alpha value is -3.50. The SMILES string of the molecule is CCOC([O-])=C1C(=NS(=O)(=O)c2ccccc2)N(CCCOC)c2nc3ccccc3nc21. The minimum atomic E-state index is -4.12. The van der Waals surface area contributed by atoms with Crippen LogP contribution in [0, 0.1) is 0 Å². The highest BCUT2D eigenvalue weighted by Gasteiger charge is 2.36. The van der Waals surface area contributed by atoms with Crippen LogP contribution in [0.3, 0.4) is 0 Å². The first kappa shape index (κ1) is 22.7. The Bertz CT molecular complexity index is 1320. The molecule has 33 heavy (non-hydrogen) atoms. The van der Waals surface area contributed by atoms with E-state index in [0.29, 0.717) is 36.4 Å². The van der Waals surface area contributed by atoms with Crippen LogP contribution in [-0.4, -0.2) is 51.1 Å². The molecule has 2 aromatic carbocycles. The topological polar surface area (TPSA) is 117 Å². The third kappa shape index (κ3) is 4.53. The lowest BCUT2D eigenvalue weighted by molar-refractivity contribution is -0.354. The molecule has 0 unspecified atom stereocenters. The second-order valence-corrected chi connectivity index (χ2v) is 8.79. The van der Waals surface area contributed by atoms with E-state index >= 15 is 0 Å². The summed E-state index contributed by atoms with van der Waals surface area (Å²) in [7, 11) is -2.54. The van der Waals surface area contributed by atoms with Gasteiger partial charge in [0, 0.05) is 20.3 Å². The van der Waals surface area contributed by atoms with Crippen LogP contribution in [0.4, 0.5) is 5.82 Å². The predicted molar refractivity (Wildman–Crippen MR) is 123 cm³/mol. The lowest BCUT2D eigenvalue weighted by Gasteiger charge is -2.20. The fourth-order valence-electron chi connectivity index (χ4n) is 3.51. The van der Waals surface area contributed by atoms with Crippen LogP contribution in [0.15, 0.2) is 69.8 Å². The van der Waals surface area contributed by atoms with Crippen LogP contribution in [0.5, 0.6) is 0 Å². The third-order valence-electron chi connectivity index (χ3n) is 4.98. The molecule has 2 heterocycles. The number of rotatable bonds is 8. The number of benzene rings is 2. The number of hydrogen-bond acceptors (Lipinski definition) is 7. The molecule has 0 amide bonds. The van der Waals surface area contributed by atoms with Gasteiger partial charge >= 0.3 is 0 Å². The standard InChI is InChI=1S/C23H24N4O5S/c1-3-32-23(28)19-20-22(25-18-13-8-7-12-17(18)24-20)27(14-9-15-31-2)21(19)26-33(29,30)16-10-5-4-6-11-16/h4-8,10-13,28H,3,9,14-15H2,1-2H3/p-1. The number of sulfonamides is 1. The molecule has 10 heteroatoms. The Morgan fingerprint density at radius 1 is 1.06 bits per heavy atom. The van der Waals surface area contributed by atoms with Crippen LogP contribution in [0.25, 0.3) is 16.6 Å². The second-order valence-electron chi connectivity index (χ2n) is 7.18. The summed E-state index contributed by atoms with van der Waals surface area (Å²) < 4.78 is 40.8. The fourth-order valence-corrected chi connectivity index (χ4v) is 4.54.